The van der Waals surface area contributed by atoms with Gasteiger partial charge in [0.2, 0.25) is 0 Å². The highest BCUT2D eigenvalue weighted by atomic mass is 16.5. The molecule has 0 spiro atoms. The number of hydrogen-bond donors (Lipinski definition) is 1. The summed E-state index contributed by atoms with van der Waals surface area (Å²) in [5.74, 6) is 0. The van der Waals surface area contributed by atoms with Crippen molar-refractivity contribution in [1.82, 2.24) is 15.3 Å². The van der Waals surface area contributed by atoms with Gasteiger partial charge in [0.1, 0.15) is 0 Å². The van der Waals surface area contributed by atoms with E-state index in [0.29, 0.717) is 0 Å². The lowest BCUT2D eigenvalue weighted by atomic mass is 10.4. The van der Waals surface area contributed by atoms with Gasteiger partial charge in [0.25, 0.3) is 0 Å². The smallest absolute Gasteiger partial charge is 0.0604 e. The molecule has 0 radical (unpaired) electrons. The normalized spacial score (nSPS) is 20.1. The maximum Gasteiger partial charge on any atom is 0.0604 e. The average Bonchev–Trinajstić information content (AvgIpc) is 2.21. The van der Waals surface area contributed by atoms with Crippen molar-refractivity contribution < 1.29 is 4.74 Å². The van der Waals surface area contributed by atoms with E-state index in [1.807, 2.05) is 0 Å². The van der Waals surface area contributed by atoms with Crippen LogP contribution in [-0.4, -0.2) is 62.9 Å². The van der Waals surface area contributed by atoms with E-state index < -0.39 is 0 Å². The topological polar surface area (TPSA) is 27.7 Å². The molecule has 14 heavy (non-hydrogen) atoms. The SMILES string of the molecule is CCCOCCNN1CCN(C)CC1. The van der Waals surface area contributed by atoms with E-state index in [2.05, 4.69) is 29.3 Å². The Hall–Kier alpha value is -0.160. The minimum absolute atomic E-state index is 0.820. The molecule has 4 nitrogen and oxygen atoms in total. The molecule has 0 bridgehead atoms. The van der Waals surface area contributed by atoms with Crippen molar-refractivity contribution >= 4 is 0 Å². The summed E-state index contributed by atoms with van der Waals surface area (Å²) in [6.07, 6.45) is 1.11. The quantitative estimate of drug-likeness (QED) is 0.620. The zero-order chi connectivity index (χ0) is 10.2. The van der Waals surface area contributed by atoms with Gasteiger partial charge in [-0.3, -0.25) is 5.43 Å². The second kappa shape index (κ2) is 7.17. The van der Waals surface area contributed by atoms with Crippen molar-refractivity contribution in [1.29, 1.82) is 0 Å². The fraction of sp³-hybridized carbons (Fsp3) is 1.00. The van der Waals surface area contributed by atoms with Gasteiger partial charge in [-0.1, -0.05) is 6.92 Å². The van der Waals surface area contributed by atoms with Crippen LogP contribution in [0.15, 0.2) is 0 Å². The molecule has 1 aliphatic heterocycles. The Morgan fingerprint density at radius 2 is 1.86 bits per heavy atom. The number of likely N-dealkylation sites (N-methyl/N-ethyl adjacent to an activating group) is 1. The van der Waals surface area contributed by atoms with Crippen LogP contribution in [0.1, 0.15) is 13.3 Å². The van der Waals surface area contributed by atoms with E-state index in [1.54, 1.807) is 0 Å². The maximum absolute atomic E-state index is 5.40. The third-order valence-corrected chi connectivity index (χ3v) is 2.43. The Labute approximate surface area is 87.2 Å². The minimum atomic E-state index is 0.820. The molecule has 1 N–H and O–H groups in total. The van der Waals surface area contributed by atoms with Crippen LogP contribution in [0.3, 0.4) is 0 Å². The molecule has 1 saturated heterocycles. The van der Waals surface area contributed by atoms with E-state index in [-0.39, 0.29) is 0 Å². The summed E-state index contributed by atoms with van der Waals surface area (Å²) in [5.41, 5.74) is 3.38. The Balaban J connectivity index is 1.91. The van der Waals surface area contributed by atoms with Gasteiger partial charge in [0.15, 0.2) is 0 Å². The summed E-state index contributed by atoms with van der Waals surface area (Å²) in [5, 5.41) is 2.29. The third-order valence-electron chi connectivity index (χ3n) is 2.43. The van der Waals surface area contributed by atoms with Crippen LogP contribution >= 0.6 is 0 Å². The molecule has 0 saturated carbocycles. The van der Waals surface area contributed by atoms with Crippen molar-refractivity contribution in [3.8, 4) is 0 Å². The lowest BCUT2D eigenvalue weighted by Crippen LogP contribution is -2.51. The van der Waals surface area contributed by atoms with Crippen molar-refractivity contribution in [3.05, 3.63) is 0 Å². The van der Waals surface area contributed by atoms with Gasteiger partial charge in [-0.25, -0.2) is 5.01 Å². The first-order valence-corrected chi connectivity index (χ1v) is 5.57. The fourth-order valence-electron chi connectivity index (χ4n) is 1.49. The third kappa shape index (κ3) is 4.91. The van der Waals surface area contributed by atoms with Crippen molar-refractivity contribution in [2.24, 2.45) is 0 Å². The number of nitrogens with one attached hydrogen (secondary N) is 1. The molecule has 0 aromatic rings. The first-order valence-electron chi connectivity index (χ1n) is 5.57. The number of ether oxygens (including phenoxy) is 1. The first-order chi connectivity index (χ1) is 6.83. The zero-order valence-electron chi connectivity index (χ0n) is 9.46. The number of hydrogen-bond acceptors (Lipinski definition) is 4. The highest BCUT2D eigenvalue weighted by Crippen LogP contribution is 1.94. The maximum atomic E-state index is 5.40. The summed E-state index contributed by atoms with van der Waals surface area (Å²) >= 11 is 0. The summed E-state index contributed by atoms with van der Waals surface area (Å²) in [6, 6.07) is 0. The summed E-state index contributed by atoms with van der Waals surface area (Å²) < 4.78 is 5.40. The van der Waals surface area contributed by atoms with Gasteiger partial charge >= 0.3 is 0 Å². The van der Waals surface area contributed by atoms with Crippen LogP contribution in [0.5, 0.6) is 0 Å². The molecule has 0 unspecified atom stereocenters. The average molecular weight is 201 g/mol. The Kier molecular flexibility index (Phi) is 6.10. The number of piperazine rings is 1. The van der Waals surface area contributed by atoms with Gasteiger partial charge in [-0.2, -0.15) is 0 Å². The molecule has 1 heterocycles. The first kappa shape index (κ1) is 11.9. The van der Waals surface area contributed by atoms with Crippen LogP contribution in [0, 0.1) is 0 Å². The number of hydrazine groups is 1. The van der Waals surface area contributed by atoms with E-state index in [1.165, 1.54) is 0 Å². The largest absolute Gasteiger partial charge is 0.380 e. The molecular weight excluding hydrogens is 178 g/mol. The molecule has 0 aromatic heterocycles. The summed E-state index contributed by atoms with van der Waals surface area (Å²) in [7, 11) is 2.17. The van der Waals surface area contributed by atoms with E-state index in [4.69, 9.17) is 4.74 Å². The second-order valence-corrected chi connectivity index (χ2v) is 3.81. The minimum Gasteiger partial charge on any atom is -0.380 e. The van der Waals surface area contributed by atoms with Crippen LogP contribution in [-0.2, 0) is 4.74 Å². The van der Waals surface area contributed by atoms with Crippen LogP contribution in [0.2, 0.25) is 0 Å². The van der Waals surface area contributed by atoms with Crippen molar-refractivity contribution in [3.63, 3.8) is 0 Å². The summed E-state index contributed by atoms with van der Waals surface area (Å²) in [6.45, 7) is 9.31. The lowest BCUT2D eigenvalue weighted by molar-refractivity contribution is 0.0763. The molecular formula is C10H23N3O. The van der Waals surface area contributed by atoms with Crippen molar-refractivity contribution in [2.75, 3.05) is 53.0 Å². The lowest BCUT2D eigenvalue weighted by Gasteiger charge is -2.32. The molecule has 84 valence electrons. The number of rotatable bonds is 6. The molecule has 0 aliphatic carbocycles. The predicted octanol–water partition coefficient (Wildman–Crippen LogP) is 0.165. The van der Waals surface area contributed by atoms with Gasteiger partial charge in [0, 0.05) is 39.3 Å². The molecule has 0 atom stereocenters. The predicted molar refractivity (Wildman–Crippen MR) is 58.2 cm³/mol. The van der Waals surface area contributed by atoms with Crippen LogP contribution in [0.4, 0.5) is 0 Å². The van der Waals surface area contributed by atoms with E-state index in [9.17, 15) is 0 Å². The fourth-order valence-corrected chi connectivity index (χ4v) is 1.49. The van der Waals surface area contributed by atoms with E-state index in [0.717, 1.165) is 52.4 Å². The van der Waals surface area contributed by atoms with Crippen molar-refractivity contribution in [2.45, 2.75) is 13.3 Å². The Morgan fingerprint density at radius 1 is 1.14 bits per heavy atom. The van der Waals surface area contributed by atoms with Gasteiger partial charge in [0.05, 0.1) is 6.61 Å². The molecule has 1 fully saturated rings. The van der Waals surface area contributed by atoms with E-state index >= 15 is 0 Å². The second-order valence-electron chi connectivity index (χ2n) is 3.81. The highest BCUT2D eigenvalue weighted by molar-refractivity contribution is 4.65. The molecule has 0 amide bonds. The molecule has 0 aromatic carbocycles. The Morgan fingerprint density at radius 3 is 2.50 bits per heavy atom. The molecule has 4 heteroatoms. The highest BCUT2D eigenvalue weighted by Gasteiger charge is 2.12. The van der Waals surface area contributed by atoms with Crippen LogP contribution in [0.25, 0.3) is 0 Å². The zero-order valence-corrected chi connectivity index (χ0v) is 9.46. The van der Waals surface area contributed by atoms with Gasteiger partial charge < -0.3 is 9.64 Å². The Bertz CT molecular complexity index is 135. The molecule has 1 rings (SSSR count). The standard InChI is InChI=1S/C10H23N3O/c1-3-9-14-10-4-11-13-7-5-12(2)6-8-13/h11H,3-10H2,1-2H3. The van der Waals surface area contributed by atoms with Crippen LogP contribution < -0.4 is 5.43 Å². The molecule has 1 aliphatic rings. The van der Waals surface area contributed by atoms with Gasteiger partial charge in [-0.05, 0) is 13.5 Å². The summed E-state index contributed by atoms with van der Waals surface area (Å²) in [4.78, 5) is 2.35. The number of nitrogens with zero attached hydrogens (tertiary/aromatic N) is 2. The van der Waals surface area contributed by atoms with Gasteiger partial charge in [-0.15, -0.1) is 0 Å². The monoisotopic (exact) mass is 201 g/mol.